The van der Waals surface area contributed by atoms with Crippen LogP contribution in [-0.2, 0) is 0 Å². The highest BCUT2D eigenvalue weighted by Gasteiger charge is 2.27. The van der Waals surface area contributed by atoms with E-state index in [2.05, 4.69) is 20.9 Å². The van der Waals surface area contributed by atoms with Gasteiger partial charge >= 0.3 is 0 Å². The first-order valence-electron chi connectivity index (χ1n) is 5.58. The van der Waals surface area contributed by atoms with Crippen LogP contribution in [0.15, 0.2) is 10.9 Å². The Kier molecular flexibility index (Phi) is 4.35. The average molecular weight is 303 g/mol. The molecular weight excluding hydrogens is 288 g/mol. The second kappa shape index (κ2) is 5.77. The van der Waals surface area contributed by atoms with E-state index in [9.17, 15) is 4.79 Å². The van der Waals surface area contributed by atoms with Gasteiger partial charge in [-0.25, -0.2) is 4.98 Å². The number of halogens is 1. The Morgan fingerprint density at radius 3 is 3.19 bits per heavy atom. The third kappa shape index (κ3) is 2.63. The summed E-state index contributed by atoms with van der Waals surface area (Å²) in [7, 11) is 0. The third-order valence-corrected chi connectivity index (χ3v) is 4.03. The van der Waals surface area contributed by atoms with Gasteiger partial charge in [0.15, 0.2) is 0 Å². The number of hydrogen-bond acceptors (Lipinski definition) is 3. The minimum absolute atomic E-state index is 0.104. The number of thiazole rings is 1. The normalized spacial score (nSPS) is 21.1. The van der Waals surface area contributed by atoms with Crippen molar-refractivity contribution in [2.75, 3.05) is 11.9 Å². The number of carbonyl (C=O) groups is 1. The summed E-state index contributed by atoms with van der Waals surface area (Å²) in [5, 5.41) is 2.79. The molecule has 1 aliphatic rings. The summed E-state index contributed by atoms with van der Waals surface area (Å²) in [6, 6.07) is 0.391. The third-order valence-electron chi connectivity index (χ3n) is 2.98. The lowest BCUT2D eigenvalue weighted by Gasteiger charge is -2.35. The predicted molar refractivity (Wildman–Crippen MR) is 69.2 cm³/mol. The molecule has 2 heterocycles. The van der Waals surface area contributed by atoms with E-state index in [0.717, 1.165) is 31.1 Å². The highest BCUT2D eigenvalue weighted by atomic mass is 79.9. The molecule has 1 aromatic rings. The molecule has 2 rings (SSSR count). The van der Waals surface area contributed by atoms with Gasteiger partial charge in [0.2, 0.25) is 0 Å². The van der Waals surface area contributed by atoms with Crippen LogP contribution in [0.3, 0.4) is 0 Å². The zero-order valence-corrected chi connectivity index (χ0v) is 11.5. The molecular formula is C11H15BrN2OS. The van der Waals surface area contributed by atoms with Crippen molar-refractivity contribution in [1.82, 2.24) is 9.88 Å². The van der Waals surface area contributed by atoms with E-state index in [1.807, 2.05) is 10.3 Å². The number of amides is 1. The maximum absolute atomic E-state index is 12.2. The number of likely N-dealkylation sites (tertiary alicyclic amines) is 1. The van der Waals surface area contributed by atoms with Crippen molar-refractivity contribution in [3.05, 3.63) is 16.6 Å². The van der Waals surface area contributed by atoms with Crippen LogP contribution in [-0.4, -0.2) is 33.7 Å². The van der Waals surface area contributed by atoms with Crippen LogP contribution in [0.25, 0.3) is 0 Å². The number of hydrogen-bond donors (Lipinski definition) is 0. The molecule has 0 aromatic carbocycles. The summed E-state index contributed by atoms with van der Waals surface area (Å²) in [5.41, 5.74) is 2.32. The van der Waals surface area contributed by atoms with Gasteiger partial charge < -0.3 is 4.90 Å². The summed E-state index contributed by atoms with van der Waals surface area (Å²) in [6.07, 6.45) is 4.52. The van der Waals surface area contributed by atoms with Gasteiger partial charge in [-0.3, -0.25) is 4.79 Å². The molecule has 1 amide bonds. The van der Waals surface area contributed by atoms with Crippen LogP contribution in [0.5, 0.6) is 0 Å². The Hall–Kier alpha value is -0.420. The average Bonchev–Trinajstić information content (AvgIpc) is 2.83. The van der Waals surface area contributed by atoms with Gasteiger partial charge in [-0.1, -0.05) is 15.9 Å². The first-order chi connectivity index (χ1) is 7.83. The second-order valence-electron chi connectivity index (χ2n) is 4.00. The van der Waals surface area contributed by atoms with Crippen molar-refractivity contribution in [2.45, 2.75) is 31.7 Å². The van der Waals surface area contributed by atoms with Crippen LogP contribution in [0.1, 0.15) is 36.2 Å². The smallest absolute Gasteiger partial charge is 0.273 e. The van der Waals surface area contributed by atoms with Crippen LogP contribution >= 0.6 is 27.3 Å². The highest BCUT2D eigenvalue weighted by Crippen LogP contribution is 2.22. The predicted octanol–water partition coefficient (Wildman–Crippen LogP) is 2.92. The maximum Gasteiger partial charge on any atom is 0.273 e. The fourth-order valence-electron chi connectivity index (χ4n) is 2.16. The van der Waals surface area contributed by atoms with Crippen LogP contribution in [0.2, 0.25) is 0 Å². The molecule has 1 saturated heterocycles. The lowest BCUT2D eigenvalue weighted by molar-refractivity contribution is 0.0605. The van der Waals surface area contributed by atoms with E-state index in [4.69, 9.17) is 0 Å². The zero-order valence-electron chi connectivity index (χ0n) is 9.06. The van der Waals surface area contributed by atoms with Gasteiger partial charge in [-0.05, 0) is 25.7 Å². The largest absolute Gasteiger partial charge is 0.334 e. The number of carbonyl (C=O) groups excluding carboxylic acids is 1. The molecule has 16 heavy (non-hydrogen) atoms. The molecule has 0 aliphatic carbocycles. The minimum atomic E-state index is 0.104. The Morgan fingerprint density at radius 1 is 1.62 bits per heavy atom. The van der Waals surface area contributed by atoms with Gasteiger partial charge in [-0.15, -0.1) is 11.3 Å². The number of aromatic nitrogens is 1. The first kappa shape index (κ1) is 12.0. The van der Waals surface area contributed by atoms with Crippen molar-refractivity contribution in [3.8, 4) is 0 Å². The molecule has 1 atom stereocenters. The molecule has 0 radical (unpaired) electrons. The Labute approximate surface area is 108 Å². The van der Waals surface area contributed by atoms with Gasteiger partial charge in [0, 0.05) is 23.3 Å². The van der Waals surface area contributed by atoms with Crippen molar-refractivity contribution in [1.29, 1.82) is 0 Å². The SMILES string of the molecule is O=C(c1cscn1)N1CCCCC1CCBr. The zero-order chi connectivity index (χ0) is 11.4. The molecule has 0 saturated carbocycles. The fraction of sp³-hybridized carbons (Fsp3) is 0.636. The van der Waals surface area contributed by atoms with E-state index in [1.165, 1.54) is 17.8 Å². The molecule has 1 fully saturated rings. The van der Waals surface area contributed by atoms with Gasteiger partial charge in [0.05, 0.1) is 5.51 Å². The standard InChI is InChI=1S/C11H15BrN2OS/c12-5-4-9-3-1-2-6-14(9)11(15)10-7-16-8-13-10/h7-9H,1-6H2. The monoisotopic (exact) mass is 302 g/mol. The Bertz CT molecular complexity index is 340. The van der Waals surface area contributed by atoms with Gasteiger partial charge in [0.25, 0.3) is 5.91 Å². The number of rotatable bonds is 3. The quantitative estimate of drug-likeness (QED) is 0.804. The molecule has 3 nitrogen and oxygen atoms in total. The number of alkyl halides is 1. The fourth-order valence-corrected chi connectivity index (χ4v) is 3.21. The molecule has 0 N–H and O–H groups in total. The van der Waals surface area contributed by atoms with E-state index < -0.39 is 0 Å². The van der Waals surface area contributed by atoms with E-state index >= 15 is 0 Å². The maximum atomic E-state index is 12.2. The topological polar surface area (TPSA) is 33.2 Å². The van der Waals surface area contributed by atoms with Crippen molar-refractivity contribution in [3.63, 3.8) is 0 Å². The second-order valence-corrected chi connectivity index (χ2v) is 5.51. The summed E-state index contributed by atoms with van der Waals surface area (Å²) in [6.45, 7) is 0.883. The summed E-state index contributed by atoms with van der Waals surface area (Å²) >= 11 is 4.94. The summed E-state index contributed by atoms with van der Waals surface area (Å²) < 4.78 is 0. The van der Waals surface area contributed by atoms with Crippen LogP contribution in [0, 0.1) is 0 Å². The van der Waals surface area contributed by atoms with E-state index in [1.54, 1.807) is 5.51 Å². The molecule has 0 bridgehead atoms. The molecule has 1 unspecified atom stereocenters. The molecule has 0 spiro atoms. The van der Waals surface area contributed by atoms with Crippen LogP contribution in [0.4, 0.5) is 0 Å². The van der Waals surface area contributed by atoms with E-state index in [0.29, 0.717) is 11.7 Å². The van der Waals surface area contributed by atoms with E-state index in [-0.39, 0.29) is 5.91 Å². The van der Waals surface area contributed by atoms with Crippen LogP contribution < -0.4 is 0 Å². The molecule has 5 heteroatoms. The van der Waals surface area contributed by atoms with Gasteiger partial charge in [-0.2, -0.15) is 0 Å². The molecule has 1 aromatic heterocycles. The molecule has 88 valence electrons. The summed E-state index contributed by atoms with van der Waals surface area (Å²) in [4.78, 5) is 18.3. The summed E-state index contributed by atoms with van der Waals surface area (Å²) in [5.74, 6) is 0.104. The minimum Gasteiger partial charge on any atom is -0.334 e. The lowest BCUT2D eigenvalue weighted by atomic mass is 10.00. The number of piperidine rings is 1. The highest BCUT2D eigenvalue weighted by molar-refractivity contribution is 9.09. The first-order valence-corrected chi connectivity index (χ1v) is 7.64. The Morgan fingerprint density at radius 2 is 2.50 bits per heavy atom. The number of nitrogens with zero attached hydrogens (tertiary/aromatic N) is 2. The lowest BCUT2D eigenvalue weighted by Crippen LogP contribution is -2.44. The van der Waals surface area contributed by atoms with Crippen molar-refractivity contribution < 1.29 is 4.79 Å². The van der Waals surface area contributed by atoms with Gasteiger partial charge in [0.1, 0.15) is 5.69 Å². The van der Waals surface area contributed by atoms with Crippen molar-refractivity contribution in [2.24, 2.45) is 0 Å². The van der Waals surface area contributed by atoms with Crippen molar-refractivity contribution >= 4 is 33.2 Å². The molecule has 1 aliphatic heterocycles. The Balaban J connectivity index is 2.08.